The average molecular weight is 778 g/mol. The van der Waals surface area contributed by atoms with E-state index in [0.717, 1.165) is 51.4 Å². The van der Waals surface area contributed by atoms with Crippen molar-refractivity contribution in [2.24, 2.45) is 44.8 Å². The fraction of sp³-hybridized carbons (Fsp3) is 0.738. The van der Waals surface area contributed by atoms with Gasteiger partial charge < -0.3 is 10.2 Å². The van der Waals surface area contributed by atoms with E-state index >= 15 is 4.79 Å². The van der Waals surface area contributed by atoms with Crippen LogP contribution in [0.4, 0.5) is 0 Å². The SMILES string of the molecule is C=C[C@@H]1C[C@]1(CC(=O)[C@@H]1C[C@@]2(CN1C(=O)[C@@H](CC(=O)[C@@H](NC(=O)c1cnccn1)C1CCCCC1)C(C)(C)C)C(C)(C)C21CCC1)C(=O)NS(=O)(=O)C1CC1. The molecule has 0 bridgehead atoms. The van der Waals surface area contributed by atoms with Crippen LogP contribution in [0.5, 0.6) is 0 Å². The molecule has 6 atom stereocenters. The molecule has 0 radical (unpaired) electrons. The number of rotatable bonds is 14. The molecule has 6 aliphatic rings. The first-order valence-electron chi connectivity index (χ1n) is 20.5. The minimum atomic E-state index is -3.83. The van der Waals surface area contributed by atoms with E-state index in [9.17, 15) is 27.6 Å². The average Bonchev–Trinajstić information content (AvgIpc) is 4.07. The van der Waals surface area contributed by atoms with Crippen LogP contribution in [0.2, 0.25) is 0 Å². The molecule has 0 aromatic carbocycles. The van der Waals surface area contributed by atoms with E-state index < -0.39 is 55.9 Å². The van der Waals surface area contributed by atoms with E-state index in [1.165, 1.54) is 18.6 Å². The second-order valence-electron chi connectivity index (χ2n) is 19.4. The predicted octanol–water partition coefficient (Wildman–Crippen LogP) is 5.33. The van der Waals surface area contributed by atoms with Gasteiger partial charge in [0.25, 0.3) is 5.91 Å². The number of fused-ring (bicyclic) bond motifs is 1. The molecular formula is C42H59N5O7S. The van der Waals surface area contributed by atoms with Gasteiger partial charge in [-0.25, -0.2) is 13.4 Å². The quantitative estimate of drug-likeness (QED) is 0.237. The summed E-state index contributed by atoms with van der Waals surface area (Å²) in [7, 11) is -3.83. The molecule has 1 aromatic rings. The first kappa shape index (κ1) is 39.7. The Labute approximate surface area is 325 Å². The van der Waals surface area contributed by atoms with Gasteiger partial charge >= 0.3 is 0 Å². The van der Waals surface area contributed by atoms with Gasteiger partial charge in [-0.3, -0.25) is 33.7 Å². The molecule has 1 aliphatic heterocycles. The van der Waals surface area contributed by atoms with Gasteiger partial charge in [0.2, 0.25) is 21.8 Å². The maximum atomic E-state index is 15.2. The summed E-state index contributed by atoms with van der Waals surface area (Å²) in [6.45, 7) is 14.6. The third-order valence-electron chi connectivity index (χ3n) is 15.3. The fourth-order valence-corrected chi connectivity index (χ4v) is 12.7. The molecule has 2 heterocycles. The topological polar surface area (TPSA) is 173 Å². The molecule has 300 valence electrons. The zero-order valence-electron chi connectivity index (χ0n) is 33.2. The largest absolute Gasteiger partial charge is 0.341 e. The van der Waals surface area contributed by atoms with Crippen molar-refractivity contribution in [2.75, 3.05) is 6.54 Å². The second-order valence-corrected chi connectivity index (χ2v) is 21.3. The summed E-state index contributed by atoms with van der Waals surface area (Å²) in [5, 5.41) is 2.39. The minimum Gasteiger partial charge on any atom is -0.341 e. The van der Waals surface area contributed by atoms with Crippen molar-refractivity contribution in [3.8, 4) is 0 Å². The molecule has 2 N–H and O–H groups in total. The number of nitrogens with one attached hydrogen (secondary N) is 2. The lowest BCUT2D eigenvalue weighted by molar-refractivity contribution is -0.146. The summed E-state index contributed by atoms with van der Waals surface area (Å²) in [4.78, 5) is 81.3. The highest BCUT2D eigenvalue weighted by atomic mass is 32.2. The number of aromatic nitrogens is 2. The Morgan fingerprint density at radius 3 is 2.20 bits per heavy atom. The van der Waals surface area contributed by atoms with Gasteiger partial charge in [0.05, 0.1) is 28.9 Å². The van der Waals surface area contributed by atoms with Crippen LogP contribution in [0, 0.1) is 44.8 Å². The van der Waals surface area contributed by atoms with E-state index in [-0.39, 0.29) is 64.1 Å². The van der Waals surface area contributed by atoms with Crippen LogP contribution in [0.3, 0.4) is 0 Å². The molecule has 5 aliphatic carbocycles. The van der Waals surface area contributed by atoms with E-state index in [2.05, 4.69) is 40.4 Å². The number of likely N-dealkylation sites (tertiary alicyclic amines) is 1. The number of ketones is 2. The number of Topliss-reactive ketones (excluding diaryl/α,β-unsaturated/α-hetero) is 2. The number of nitrogens with zero attached hydrogens (tertiary/aromatic N) is 3. The van der Waals surface area contributed by atoms with Crippen LogP contribution in [0.25, 0.3) is 0 Å². The van der Waals surface area contributed by atoms with E-state index in [4.69, 9.17) is 0 Å². The smallest absolute Gasteiger partial charge is 0.272 e. The molecule has 1 aromatic heterocycles. The van der Waals surface area contributed by atoms with Crippen molar-refractivity contribution < 1.29 is 32.4 Å². The van der Waals surface area contributed by atoms with Gasteiger partial charge in [-0.15, -0.1) is 6.58 Å². The van der Waals surface area contributed by atoms with Gasteiger partial charge in [0.1, 0.15) is 5.69 Å². The maximum absolute atomic E-state index is 15.2. The van der Waals surface area contributed by atoms with Crippen molar-refractivity contribution in [3.05, 3.63) is 36.9 Å². The predicted molar refractivity (Wildman–Crippen MR) is 205 cm³/mol. The summed E-state index contributed by atoms with van der Waals surface area (Å²) < 4.78 is 27.9. The molecule has 5 saturated carbocycles. The number of carbonyl (C=O) groups is 5. The van der Waals surface area contributed by atoms with E-state index in [1.807, 2.05) is 20.8 Å². The highest BCUT2D eigenvalue weighted by Crippen LogP contribution is 2.88. The molecule has 3 amide bonds. The maximum Gasteiger partial charge on any atom is 0.272 e. The van der Waals surface area contributed by atoms with Gasteiger partial charge in [-0.05, 0) is 79.4 Å². The summed E-state index contributed by atoms with van der Waals surface area (Å²) in [5.74, 6) is -3.08. The highest BCUT2D eigenvalue weighted by Gasteiger charge is 2.85. The van der Waals surface area contributed by atoms with Gasteiger partial charge in [-0.2, -0.15) is 0 Å². The molecular weight excluding hydrogens is 719 g/mol. The Hall–Kier alpha value is -3.48. The van der Waals surface area contributed by atoms with Crippen LogP contribution < -0.4 is 10.0 Å². The number of amides is 3. The van der Waals surface area contributed by atoms with E-state index in [1.54, 1.807) is 11.0 Å². The van der Waals surface area contributed by atoms with Crippen molar-refractivity contribution in [1.29, 1.82) is 0 Å². The molecule has 7 rings (SSSR count). The summed E-state index contributed by atoms with van der Waals surface area (Å²) in [6.07, 6.45) is 15.1. The summed E-state index contributed by atoms with van der Waals surface area (Å²) in [6, 6.07) is -1.61. The van der Waals surface area contributed by atoms with Crippen molar-refractivity contribution in [3.63, 3.8) is 0 Å². The first-order chi connectivity index (χ1) is 25.8. The molecule has 12 nitrogen and oxygen atoms in total. The van der Waals surface area contributed by atoms with Crippen LogP contribution in [-0.2, 0) is 29.2 Å². The van der Waals surface area contributed by atoms with Crippen molar-refractivity contribution in [1.82, 2.24) is 24.9 Å². The fourth-order valence-electron chi connectivity index (χ4n) is 11.3. The molecule has 1 saturated heterocycles. The number of hydrogen-bond donors (Lipinski definition) is 2. The lowest BCUT2D eigenvalue weighted by atomic mass is 9.73. The third kappa shape index (κ3) is 6.67. The Morgan fingerprint density at radius 2 is 1.67 bits per heavy atom. The van der Waals surface area contributed by atoms with Crippen LogP contribution >= 0.6 is 0 Å². The highest BCUT2D eigenvalue weighted by molar-refractivity contribution is 7.90. The lowest BCUT2D eigenvalue weighted by Gasteiger charge is -2.37. The molecule has 0 unspecified atom stereocenters. The first-order valence-corrected chi connectivity index (χ1v) is 22.0. The number of carbonyl (C=O) groups excluding carboxylic acids is 5. The van der Waals surface area contributed by atoms with Crippen molar-refractivity contribution >= 4 is 39.3 Å². The zero-order valence-corrected chi connectivity index (χ0v) is 34.0. The Balaban J connectivity index is 1.16. The Kier molecular flexibility index (Phi) is 10.0. The van der Waals surface area contributed by atoms with Gasteiger partial charge in [-0.1, -0.05) is 66.4 Å². The van der Waals surface area contributed by atoms with Gasteiger partial charge in [0, 0.05) is 43.1 Å². The monoisotopic (exact) mass is 777 g/mol. The number of hydrogen-bond acceptors (Lipinski definition) is 9. The van der Waals surface area contributed by atoms with Crippen molar-refractivity contribution in [2.45, 2.75) is 142 Å². The second kappa shape index (κ2) is 13.9. The molecule has 13 heteroatoms. The Morgan fingerprint density at radius 1 is 0.982 bits per heavy atom. The Bertz CT molecular complexity index is 1860. The van der Waals surface area contributed by atoms with Gasteiger partial charge in [0.15, 0.2) is 11.6 Å². The van der Waals surface area contributed by atoms with Crippen LogP contribution in [0.1, 0.15) is 135 Å². The molecule has 2 spiro atoms. The third-order valence-corrected chi connectivity index (χ3v) is 17.1. The minimum absolute atomic E-state index is 0.0218. The van der Waals surface area contributed by atoms with Crippen LogP contribution in [0.15, 0.2) is 31.2 Å². The standard InChI is InChI=1S/C42H59N5O7S/c1-7-27-21-40(27,37(52)46-55(53,54)28-14-15-28)23-33(49)31-22-42(39(5,6)41(42)16-11-17-41)25-47(31)36(51)29(38(2,3)4)20-32(48)34(26-12-9-8-10-13-26)45-35(50)30-24-43-18-19-44-30/h7,18-19,24,26-29,31,34H,1,8-17,20-23,25H2,2-6H3,(H,45,50)(H,46,52)/t27-,29-,31+,34+,40-,42-/m1/s1. The number of sulfonamides is 1. The van der Waals surface area contributed by atoms with Crippen LogP contribution in [-0.4, -0.2) is 76.5 Å². The molecule has 6 fully saturated rings. The summed E-state index contributed by atoms with van der Waals surface area (Å²) in [5.41, 5.74) is -2.14. The summed E-state index contributed by atoms with van der Waals surface area (Å²) >= 11 is 0. The van der Waals surface area contributed by atoms with E-state index in [0.29, 0.717) is 32.2 Å². The lowest BCUT2D eigenvalue weighted by Crippen LogP contribution is -2.51. The number of allylic oxidation sites excluding steroid dienone is 1. The molecule has 55 heavy (non-hydrogen) atoms. The zero-order chi connectivity index (χ0) is 39.8. The normalized spacial score (nSPS) is 30.5.